The number of hydrogen-bond acceptors (Lipinski definition) is 2. The molecule has 20 heavy (non-hydrogen) atoms. The van der Waals surface area contributed by atoms with Crippen molar-refractivity contribution in [2.45, 2.75) is 12.2 Å². The van der Waals surface area contributed by atoms with Crippen LogP contribution >= 0.6 is 0 Å². The molecule has 0 saturated carbocycles. The first-order valence-corrected chi connectivity index (χ1v) is 6.31. The molecular weight excluding hydrogens is 279 g/mol. The van der Waals surface area contributed by atoms with Gasteiger partial charge in [-0.15, -0.1) is 0 Å². The minimum atomic E-state index is -4.83. The van der Waals surface area contributed by atoms with E-state index < -0.39 is 30.3 Å². The van der Waals surface area contributed by atoms with Crippen molar-refractivity contribution < 1.29 is 22.0 Å². The van der Waals surface area contributed by atoms with Crippen LogP contribution in [-0.2, 0) is 6.18 Å². The summed E-state index contributed by atoms with van der Waals surface area (Å²) in [6.07, 6.45) is -4.83. The van der Waals surface area contributed by atoms with Crippen molar-refractivity contribution in [3.8, 4) is 0 Å². The Labute approximate surface area is 113 Å². The van der Waals surface area contributed by atoms with Gasteiger partial charge in [0.05, 0.1) is 11.6 Å². The summed E-state index contributed by atoms with van der Waals surface area (Å²) in [6, 6.07) is 2.02. The molecule has 0 aromatic heterocycles. The molecule has 2 rings (SSSR count). The van der Waals surface area contributed by atoms with Crippen LogP contribution in [0.15, 0.2) is 18.2 Å². The molecule has 1 N–H and O–H groups in total. The van der Waals surface area contributed by atoms with Crippen molar-refractivity contribution in [2.24, 2.45) is 0 Å². The third-order valence-corrected chi connectivity index (χ3v) is 3.43. The molecule has 1 heterocycles. The second-order valence-corrected chi connectivity index (χ2v) is 4.66. The van der Waals surface area contributed by atoms with E-state index in [2.05, 4.69) is 5.32 Å². The minimum absolute atomic E-state index is 0.332. The van der Waals surface area contributed by atoms with Crippen molar-refractivity contribution in [2.75, 3.05) is 32.9 Å². The molecule has 112 valence electrons. The Morgan fingerprint density at radius 1 is 1.20 bits per heavy atom. The van der Waals surface area contributed by atoms with E-state index in [0.29, 0.717) is 26.2 Å². The van der Waals surface area contributed by atoms with E-state index >= 15 is 0 Å². The lowest BCUT2D eigenvalue weighted by Gasteiger charge is -2.34. The van der Waals surface area contributed by atoms with Gasteiger partial charge in [-0.05, 0) is 11.6 Å². The molecule has 1 aromatic carbocycles. The summed E-state index contributed by atoms with van der Waals surface area (Å²) < 4.78 is 65.8. The van der Waals surface area contributed by atoms with Gasteiger partial charge in [0.25, 0.3) is 0 Å². The van der Waals surface area contributed by atoms with E-state index in [9.17, 15) is 22.0 Å². The topological polar surface area (TPSA) is 15.3 Å². The van der Waals surface area contributed by atoms with Crippen LogP contribution in [0.5, 0.6) is 0 Å². The van der Waals surface area contributed by atoms with E-state index in [0.717, 1.165) is 12.1 Å². The van der Waals surface area contributed by atoms with Gasteiger partial charge in [-0.25, -0.2) is 8.78 Å². The Morgan fingerprint density at radius 3 is 2.40 bits per heavy atom. The van der Waals surface area contributed by atoms with Crippen LogP contribution in [0, 0.1) is 5.82 Å². The molecule has 1 saturated heterocycles. The quantitative estimate of drug-likeness (QED) is 0.862. The zero-order valence-electron chi connectivity index (χ0n) is 10.7. The number of rotatable bonds is 3. The van der Waals surface area contributed by atoms with Gasteiger partial charge in [-0.1, -0.05) is 12.1 Å². The van der Waals surface area contributed by atoms with E-state index in [4.69, 9.17) is 0 Å². The summed E-state index contributed by atoms with van der Waals surface area (Å²) >= 11 is 0. The summed E-state index contributed by atoms with van der Waals surface area (Å²) in [6.45, 7) is 1.04. The molecule has 1 aliphatic rings. The highest BCUT2D eigenvalue weighted by atomic mass is 19.4. The molecule has 1 fully saturated rings. The van der Waals surface area contributed by atoms with Gasteiger partial charge in [0.15, 0.2) is 0 Å². The predicted molar refractivity (Wildman–Crippen MR) is 64.6 cm³/mol. The van der Waals surface area contributed by atoms with Crippen LogP contribution in [0.4, 0.5) is 22.0 Å². The minimum Gasteiger partial charge on any atom is -0.314 e. The molecule has 0 radical (unpaired) electrons. The lowest BCUT2D eigenvalue weighted by atomic mass is 9.98. The first-order valence-electron chi connectivity index (χ1n) is 6.31. The highest BCUT2D eigenvalue weighted by Gasteiger charge is 2.39. The van der Waals surface area contributed by atoms with Gasteiger partial charge >= 0.3 is 6.18 Å². The Hall–Kier alpha value is -1.21. The Bertz CT molecular complexity index is 455. The summed E-state index contributed by atoms with van der Waals surface area (Å²) in [5.74, 6) is -1.36. The molecule has 0 amide bonds. The zero-order chi connectivity index (χ0) is 14.8. The van der Waals surface area contributed by atoms with Crippen LogP contribution < -0.4 is 5.32 Å². The number of nitrogens with zero attached hydrogens (tertiary/aromatic N) is 1. The first kappa shape index (κ1) is 15.2. The third kappa shape index (κ3) is 3.09. The van der Waals surface area contributed by atoms with Gasteiger partial charge in [0.2, 0.25) is 0 Å². The SMILES string of the molecule is FC[C@H](c1cccc(F)c1C(F)(F)F)N1CCNCC1. The predicted octanol–water partition coefficient (Wildman–Crippen LogP) is 2.76. The van der Waals surface area contributed by atoms with Crippen molar-refractivity contribution in [3.05, 3.63) is 35.1 Å². The maximum Gasteiger partial charge on any atom is 0.419 e. The fraction of sp³-hybridized carbons (Fsp3) is 0.538. The lowest BCUT2D eigenvalue weighted by Crippen LogP contribution is -2.46. The number of halogens is 5. The normalized spacial score (nSPS) is 19.1. The molecule has 0 bridgehead atoms. The van der Waals surface area contributed by atoms with Gasteiger partial charge in [0, 0.05) is 26.2 Å². The fourth-order valence-corrected chi connectivity index (χ4v) is 2.49. The second-order valence-electron chi connectivity index (χ2n) is 4.66. The number of nitrogens with one attached hydrogen (secondary N) is 1. The van der Waals surface area contributed by atoms with Gasteiger partial charge in [-0.3, -0.25) is 4.90 Å². The van der Waals surface area contributed by atoms with Crippen LogP contribution in [-0.4, -0.2) is 37.8 Å². The zero-order valence-corrected chi connectivity index (χ0v) is 10.7. The number of hydrogen-bond donors (Lipinski definition) is 1. The molecule has 1 aliphatic heterocycles. The van der Waals surface area contributed by atoms with Gasteiger partial charge in [-0.2, -0.15) is 13.2 Å². The highest BCUT2D eigenvalue weighted by molar-refractivity contribution is 5.34. The Morgan fingerprint density at radius 2 is 1.85 bits per heavy atom. The largest absolute Gasteiger partial charge is 0.419 e. The fourth-order valence-electron chi connectivity index (χ4n) is 2.49. The monoisotopic (exact) mass is 294 g/mol. The maximum absolute atomic E-state index is 13.5. The Kier molecular flexibility index (Phi) is 4.59. The number of alkyl halides is 4. The van der Waals surface area contributed by atoms with Crippen LogP contribution in [0.1, 0.15) is 17.2 Å². The smallest absolute Gasteiger partial charge is 0.314 e. The molecule has 0 unspecified atom stereocenters. The highest BCUT2D eigenvalue weighted by Crippen LogP contribution is 2.38. The van der Waals surface area contributed by atoms with Crippen LogP contribution in [0.2, 0.25) is 0 Å². The molecule has 2 nitrogen and oxygen atoms in total. The summed E-state index contributed by atoms with van der Waals surface area (Å²) in [5.41, 5.74) is -1.69. The van der Waals surface area contributed by atoms with E-state index in [1.165, 1.54) is 6.07 Å². The standard InChI is InChI=1S/C13H15F5N2/c14-8-11(20-6-4-19-5-7-20)9-2-1-3-10(15)12(9)13(16,17)18/h1-3,11,19H,4-8H2/t11-/m1/s1. The molecule has 1 aromatic rings. The molecule has 7 heteroatoms. The average Bonchev–Trinajstić information content (AvgIpc) is 2.39. The maximum atomic E-state index is 13.5. The molecular formula is C13H15F5N2. The molecule has 1 atom stereocenters. The van der Waals surface area contributed by atoms with Gasteiger partial charge in [0.1, 0.15) is 12.5 Å². The van der Waals surface area contributed by atoms with Gasteiger partial charge < -0.3 is 5.32 Å². The van der Waals surface area contributed by atoms with Crippen LogP contribution in [0.25, 0.3) is 0 Å². The summed E-state index contributed by atoms with van der Waals surface area (Å²) in [4.78, 5) is 1.61. The second kappa shape index (κ2) is 6.05. The Balaban J connectivity index is 2.41. The van der Waals surface area contributed by atoms with Crippen molar-refractivity contribution in [3.63, 3.8) is 0 Å². The summed E-state index contributed by atoms with van der Waals surface area (Å²) in [5, 5.41) is 3.04. The van der Waals surface area contributed by atoms with E-state index in [1.54, 1.807) is 4.90 Å². The lowest BCUT2D eigenvalue weighted by molar-refractivity contribution is -0.141. The molecule has 0 spiro atoms. The summed E-state index contributed by atoms with van der Waals surface area (Å²) in [7, 11) is 0. The average molecular weight is 294 g/mol. The van der Waals surface area contributed by atoms with E-state index in [-0.39, 0.29) is 5.56 Å². The van der Waals surface area contributed by atoms with E-state index in [1.807, 2.05) is 0 Å². The number of benzene rings is 1. The van der Waals surface area contributed by atoms with Crippen molar-refractivity contribution >= 4 is 0 Å². The first-order chi connectivity index (χ1) is 9.45. The van der Waals surface area contributed by atoms with Crippen molar-refractivity contribution in [1.82, 2.24) is 10.2 Å². The van der Waals surface area contributed by atoms with Crippen molar-refractivity contribution in [1.29, 1.82) is 0 Å². The number of piperazine rings is 1. The third-order valence-electron chi connectivity index (χ3n) is 3.43. The molecule has 0 aliphatic carbocycles. The van der Waals surface area contributed by atoms with Crippen LogP contribution in [0.3, 0.4) is 0 Å².